The molecule has 1 heterocycles. The van der Waals surface area contributed by atoms with Crippen molar-refractivity contribution in [3.63, 3.8) is 0 Å². The van der Waals surface area contributed by atoms with Crippen molar-refractivity contribution in [1.29, 1.82) is 0 Å². The fourth-order valence-corrected chi connectivity index (χ4v) is 3.90. The third kappa shape index (κ3) is 22.8. The topological polar surface area (TPSA) is 233 Å². The molecule has 4 rings (SSSR count). The van der Waals surface area contributed by atoms with Crippen molar-refractivity contribution < 1.29 is 58.3 Å². The Kier molecular flexibility index (Phi) is 31.7. The summed E-state index contributed by atoms with van der Waals surface area (Å²) in [5.74, 6) is 3.63. The molecule has 0 spiro atoms. The summed E-state index contributed by atoms with van der Waals surface area (Å²) in [6.07, 6.45) is 0.250. The van der Waals surface area contributed by atoms with Crippen molar-refractivity contribution >= 4 is 35.3 Å². The van der Waals surface area contributed by atoms with Gasteiger partial charge >= 0.3 is 41.7 Å². The predicted octanol–water partition coefficient (Wildman–Crippen LogP) is 5.81. The molecule has 0 saturated heterocycles. The van der Waals surface area contributed by atoms with Crippen LogP contribution in [-0.4, -0.2) is 45.8 Å². The summed E-state index contributed by atoms with van der Waals surface area (Å²) in [5.41, 5.74) is 25.3. The molecule has 15 nitrogen and oxygen atoms in total. The van der Waals surface area contributed by atoms with E-state index in [0.29, 0.717) is 0 Å². The van der Waals surface area contributed by atoms with Crippen LogP contribution in [0.5, 0.6) is 0 Å². The Balaban J connectivity index is -0.000000633. The number of methoxy groups -OCH3 is 1. The zero-order chi connectivity index (χ0) is 39.9. The van der Waals surface area contributed by atoms with Gasteiger partial charge in [0.05, 0.1) is 24.6 Å². The fraction of sp³-hybridized carbons (Fsp3) is 0.278. The molecular weight excluding hydrogens is 713 g/mol. The Hall–Kier alpha value is -5.54. The fourth-order valence-electron chi connectivity index (χ4n) is 3.75. The Bertz CT molecular complexity index is 1820. The van der Waals surface area contributed by atoms with Crippen LogP contribution in [0, 0.1) is 11.8 Å². The summed E-state index contributed by atoms with van der Waals surface area (Å²) in [6.45, 7) is 10.1. The number of ether oxygens (including phenoxy) is 1. The summed E-state index contributed by atoms with van der Waals surface area (Å²) in [7, 11) is 1.30. The van der Waals surface area contributed by atoms with Crippen LogP contribution in [-0.2, 0) is 19.1 Å². The SMILES string of the molecule is CC#CC(=O)OC.CC(=O)c1nnn(C(C)c2ccccc2)c1C(C)=O.CC(Cl)c1ccccc1.CC(N=[N+]=[N-])c1ccccc1.O=C=O.[N-]=[N+]=[N-].[Na+]. The maximum atomic E-state index is 11.7. The molecule has 0 radical (unpaired) electrons. The van der Waals surface area contributed by atoms with E-state index in [1.165, 1.54) is 36.1 Å². The number of hydrogen-bond acceptors (Lipinski definition) is 9. The molecule has 0 amide bonds. The number of rotatable bonds is 7. The van der Waals surface area contributed by atoms with Crippen LogP contribution in [0.25, 0.3) is 26.4 Å². The van der Waals surface area contributed by atoms with Gasteiger partial charge in [0.25, 0.3) is 0 Å². The second-order valence-electron chi connectivity index (χ2n) is 9.79. The molecule has 1 aromatic heterocycles. The number of halogens is 1. The van der Waals surface area contributed by atoms with Crippen LogP contribution in [0.2, 0.25) is 0 Å². The zero-order valence-electron chi connectivity index (χ0n) is 30.7. The van der Waals surface area contributed by atoms with E-state index in [0.717, 1.165) is 11.1 Å². The molecule has 0 N–H and O–H groups in total. The standard InChI is InChI=1S/C14H15N3O2.C8H9Cl.C8H9N3.C5H6O2.CO2.N3.Na/c1-9(12-7-5-4-6-8-12)17-14(11(3)19)13(10(2)18)15-16-17;1-7(9)8-5-3-2-4-6-8;1-7(10-11-9)8-5-3-2-4-6-8;1-3-4-5(6)7-2;2-1-3;1-3-2;/h4-9H,1-3H3;2-7H,1H3;2-7H,1H3;1-2H3;;;/q;;;;;-1;+1. The van der Waals surface area contributed by atoms with Gasteiger partial charge in [-0.3, -0.25) is 14.5 Å². The van der Waals surface area contributed by atoms with E-state index in [4.69, 9.17) is 37.8 Å². The third-order valence-corrected chi connectivity index (χ3v) is 6.44. The second-order valence-corrected chi connectivity index (χ2v) is 10.4. The molecular formula is C36H39ClN9NaO6. The molecule has 3 atom stereocenters. The van der Waals surface area contributed by atoms with Gasteiger partial charge in [-0.05, 0) is 43.0 Å². The first kappa shape index (κ1) is 51.8. The monoisotopic (exact) mass is 751 g/mol. The van der Waals surface area contributed by atoms with E-state index in [-0.39, 0.29) is 76.1 Å². The van der Waals surface area contributed by atoms with Crippen molar-refractivity contribution in [1.82, 2.24) is 15.0 Å². The summed E-state index contributed by atoms with van der Waals surface area (Å²) in [4.78, 5) is 53.7. The van der Waals surface area contributed by atoms with Crippen LogP contribution in [0.1, 0.15) is 96.7 Å². The number of azide groups is 1. The second kappa shape index (κ2) is 32.4. The van der Waals surface area contributed by atoms with Gasteiger partial charge in [0.15, 0.2) is 17.3 Å². The number of alkyl halides is 1. The first-order valence-electron chi connectivity index (χ1n) is 15.1. The van der Waals surface area contributed by atoms with E-state index >= 15 is 0 Å². The molecule has 0 aliphatic carbocycles. The van der Waals surface area contributed by atoms with Crippen LogP contribution < -0.4 is 29.6 Å². The first-order chi connectivity index (χ1) is 24.8. The zero-order valence-corrected chi connectivity index (χ0v) is 33.5. The summed E-state index contributed by atoms with van der Waals surface area (Å²) < 4.78 is 5.69. The molecule has 17 heteroatoms. The molecule has 4 aromatic rings. The first-order valence-corrected chi connectivity index (χ1v) is 15.5. The van der Waals surface area contributed by atoms with Gasteiger partial charge in [0.1, 0.15) is 5.69 Å². The van der Waals surface area contributed by atoms with E-state index in [2.05, 4.69) is 36.9 Å². The van der Waals surface area contributed by atoms with Crippen molar-refractivity contribution in [2.45, 2.75) is 59.0 Å². The molecule has 0 aliphatic heterocycles. The molecule has 272 valence electrons. The number of esters is 1. The van der Waals surface area contributed by atoms with E-state index in [1.54, 1.807) is 6.92 Å². The van der Waals surface area contributed by atoms with Crippen molar-refractivity contribution in [2.24, 2.45) is 5.11 Å². The number of Topliss-reactive ketones (excluding diaryl/α,β-unsaturated/α-hetero) is 2. The van der Waals surface area contributed by atoms with Crippen LogP contribution in [0.15, 0.2) is 96.1 Å². The molecule has 0 bridgehead atoms. The van der Waals surface area contributed by atoms with Crippen LogP contribution in [0.4, 0.5) is 0 Å². The molecule has 0 saturated carbocycles. The molecule has 3 unspecified atom stereocenters. The predicted molar refractivity (Wildman–Crippen MR) is 196 cm³/mol. The Morgan fingerprint density at radius 1 is 0.811 bits per heavy atom. The van der Waals surface area contributed by atoms with Gasteiger partial charge in [-0.15, -0.1) is 16.7 Å². The normalized spacial score (nSPS) is 10.1. The van der Waals surface area contributed by atoms with E-state index in [9.17, 15) is 14.4 Å². The molecule has 53 heavy (non-hydrogen) atoms. The Morgan fingerprint density at radius 2 is 1.23 bits per heavy atom. The minimum atomic E-state index is -0.484. The van der Waals surface area contributed by atoms with Gasteiger partial charge in [-0.1, -0.05) is 114 Å². The average molecular weight is 752 g/mol. The van der Waals surface area contributed by atoms with Gasteiger partial charge in [0.2, 0.25) is 0 Å². The number of ketones is 2. The number of carbonyl (C=O) groups excluding carboxylic acids is 5. The van der Waals surface area contributed by atoms with Crippen molar-refractivity contribution in [3.05, 3.63) is 145 Å². The number of nitrogens with zero attached hydrogens (tertiary/aromatic N) is 9. The number of benzene rings is 3. The maximum absolute atomic E-state index is 11.7. The summed E-state index contributed by atoms with van der Waals surface area (Å²) >= 11 is 5.80. The van der Waals surface area contributed by atoms with E-state index in [1.807, 2.05) is 112 Å². The van der Waals surface area contributed by atoms with Crippen molar-refractivity contribution in [2.75, 3.05) is 7.11 Å². The Morgan fingerprint density at radius 3 is 1.53 bits per heavy atom. The third-order valence-electron chi connectivity index (χ3n) is 6.19. The van der Waals surface area contributed by atoms with Gasteiger partial charge in [0, 0.05) is 24.7 Å². The summed E-state index contributed by atoms with van der Waals surface area (Å²) in [5, 5.41) is 11.5. The van der Waals surface area contributed by atoms with Crippen molar-refractivity contribution in [3.8, 4) is 11.8 Å². The Labute approximate surface area is 335 Å². The number of hydrogen-bond donors (Lipinski definition) is 0. The number of aromatic nitrogens is 3. The molecule has 0 fully saturated rings. The van der Waals surface area contributed by atoms with Crippen LogP contribution in [0.3, 0.4) is 0 Å². The summed E-state index contributed by atoms with van der Waals surface area (Å²) in [6, 6.07) is 29.1. The maximum Gasteiger partial charge on any atom is 1.00 e. The van der Waals surface area contributed by atoms with E-state index < -0.39 is 5.97 Å². The molecule has 3 aromatic carbocycles. The van der Waals surface area contributed by atoms with Gasteiger partial charge < -0.3 is 15.8 Å². The molecule has 0 aliphatic rings. The number of carbonyl (C=O) groups is 3. The van der Waals surface area contributed by atoms with Gasteiger partial charge in [-0.25, -0.2) is 9.48 Å². The average Bonchev–Trinajstić information content (AvgIpc) is 3.61. The quantitative estimate of drug-likeness (QED) is 0.0257. The smallest absolute Gasteiger partial charge is 0.459 e. The minimum Gasteiger partial charge on any atom is -0.459 e. The van der Waals surface area contributed by atoms with Gasteiger partial charge in [-0.2, -0.15) is 9.59 Å². The van der Waals surface area contributed by atoms with Crippen LogP contribution >= 0.6 is 11.6 Å². The largest absolute Gasteiger partial charge is 1.00 e. The minimum absolute atomic E-state index is 0.